The molecule has 0 bridgehead atoms. The number of hydrogen-bond donors (Lipinski definition) is 2. The van der Waals surface area contributed by atoms with Gasteiger partial charge in [0.15, 0.2) is 17.6 Å². The molecule has 1 aliphatic heterocycles. The molecule has 0 radical (unpaired) electrons. The number of carboxylic acid groups (broad SMARTS) is 1. The number of carbonyl (C=O) groups is 1. The van der Waals surface area contributed by atoms with Gasteiger partial charge in [-0.3, -0.25) is 0 Å². The zero-order chi connectivity index (χ0) is 10.1. The van der Waals surface area contributed by atoms with Crippen molar-refractivity contribution in [3.05, 3.63) is 23.8 Å². The number of rotatable bonds is 2. The highest BCUT2D eigenvalue weighted by molar-refractivity contribution is 5.74. The first-order chi connectivity index (χ1) is 6.68. The van der Waals surface area contributed by atoms with Crippen LogP contribution in [-0.4, -0.2) is 23.0 Å². The van der Waals surface area contributed by atoms with E-state index in [0.29, 0.717) is 11.5 Å². The Morgan fingerprint density at radius 2 is 2.07 bits per heavy atom. The molecule has 1 aromatic carbocycles. The van der Waals surface area contributed by atoms with E-state index in [1.54, 1.807) is 6.07 Å². The van der Waals surface area contributed by atoms with Gasteiger partial charge in [0.05, 0.1) is 0 Å². The lowest BCUT2D eigenvalue weighted by Gasteiger charge is -2.05. The zero-order valence-corrected chi connectivity index (χ0v) is 7.14. The second-order valence-electron chi connectivity index (χ2n) is 2.85. The van der Waals surface area contributed by atoms with Crippen molar-refractivity contribution in [2.45, 2.75) is 6.10 Å². The van der Waals surface area contributed by atoms with Crippen LogP contribution >= 0.6 is 0 Å². The molecule has 5 nitrogen and oxygen atoms in total. The molecule has 0 spiro atoms. The van der Waals surface area contributed by atoms with Crippen molar-refractivity contribution >= 4 is 5.97 Å². The molecule has 0 amide bonds. The summed E-state index contributed by atoms with van der Waals surface area (Å²) >= 11 is 0. The van der Waals surface area contributed by atoms with Gasteiger partial charge in [0.2, 0.25) is 6.79 Å². The standard InChI is InChI=1S/C9H8O5/c10-8(9(11)12)5-1-2-6-7(3-5)14-4-13-6/h1-3,8,10H,4H2,(H,11,12)/t8-/m1/s1. The lowest BCUT2D eigenvalue weighted by molar-refractivity contribution is -0.146. The molecule has 1 atom stereocenters. The first-order valence-corrected chi connectivity index (χ1v) is 3.99. The Kier molecular flexibility index (Phi) is 2.01. The van der Waals surface area contributed by atoms with Gasteiger partial charge >= 0.3 is 5.97 Å². The number of aliphatic carboxylic acids is 1. The molecular weight excluding hydrogens is 188 g/mol. The number of aliphatic hydroxyl groups is 1. The molecule has 5 heteroatoms. The van der Waals surface area contributed by atoms with Crippen molar-refractivity contribution in [3.63, 3.8) is 0 Å². The van der Waals surface area contributed by atoms with E-state index in [9.17, 15) is 9.90 Å². The minimum atomic E-state index is -1.52. The lowest BCUT2D eigenvalue weighted by Crippen LogP contribution is -2.10. The molecule has 1 aliphatic rings. The van der Waals surface area contributed by atoms with Gasteiger partial charge in [-0.1, -0.05) is 6.07 Å². The molecule has 0 saturated heterocycles. The molecule has 1 aromatic rings. The number of aliphatic hydroxyl groups excluding tert-OH is 1. The van der Waals surface area contributed by atoms with E-state index in [2.05, 4.69) is 0 Å². The third-order valence-electron chi connectivity index (χ3n) is 1.95. The Hall–Kier alpha value is -1.75. The van der Waals surface area contributed by atoms with Crippen LogP contribution in [0.25, 0.3) is 0 Å². The predicted molar refractivity (Wildman–Crippen MR) is 45.2 cm³/mol. The first kappa shape index (κ1) is 8.83. The van der Waals surface area contributed by atoms with Crippen LogP contribution in [-0.2, 0) is 4.79 Å². The van der Waals surface area contributed by atoms with Gasteiger partial charge in [-0.2, -0.15) is 0 Å². The minimum absolute atomic E-state index is 0.127. The molecule has 14 heavy (non-hydrogen) atoms. The van der Waals surface area contributed by atoms with Crippen molar-refractivity contribution in [3.8, 4) is 11.5 Å². The molecular formula is C9H8O5. The van der Waals surface area contributed by atoms with Crippen molar-refractivity contribution in [2.24, 2.45) is 0 Å². The second kappa shape index (κ2) is 3.19. The SMILES string of the molecule is O=C(O)[C@H](O)c1ccc2c(c1)OCO2. The van der Waals surface area contributed by atoms with Gasteiger partial charge < -0.3 is 19.7 Å². The number of ether oxygens (including phenoxy) is 2. The number of hydrogen-bond acceptors (Lipinski definition) is 4. The molecule has 2 N–H and O–H groups in total. The summed E-state index contributed by atoms with van der Waals surface area (Å²) in [6.07, 6.45) is -1.52. The highest BCUT2D eigenvalue weighted by Gasteiger charge is 2.20. The van der Waals surface area contributed by atoms with Crippen molar-refractivity contribution in [1.82, 2.24) is 0 Å². The number of carboxylic acids is 1. The summed E-state index contributed by atoms with van der Waals surface area (Å²) in [6, 6.07) is 4.53. The second-order valence-corrected chi connectivity index (χ2v) is 2.85. The minimum Gasteiger partial charge on any atom is -0.479 e. The van der Waals surface area contributed by atoms with E-state index in [0.717, 1.165) is 0 Å². The fourth-order valence-electron chi connectivity index (χ4n) is 1.23. The molecule has 74 valence electrons. The van der Waals surface area contributed by atoms with E-state index in [-0.39, 0.29) is 12.4 Å². The maximum atomic E-state index is 10.5. The van der Waals surface area contributed by atoms with Gasteiger partial charge in [0.25, 0.3) is 0 Å². The van der Waals surface area contributed by atoms with Crippen LogP contribution in [0.15, 0.2) is 18.2 Å². The fourth-order valence-corrected chi connectivity index (χ4v) is 1.23. The van der Waals surface area contributed by atoms with Crippen LogP contribution in [0.4, 0.5) is 0 Å². The number of benzene rings is 1. The van der Waals surface area contributed by atoms with Crippen molar-refractivity contribution in [1.29, 1.82) is 0 Å². The maximum absolute atomic E-state index is 10.5. The van der Waals surface area contributed by atoms with Gasteiger partial charge in [0, 0.05) is 0 Å². The summed E-state index contributed by atoms with van der Waals surface area (Å²) in [4.78, 5) is 10.5. The maximum Gasteiger partial charge on any atom is 0.337 e. The molecule has 0 unspecified atom stereocenters. The van der Waals surface area contributed by atoms with Gasteiger partial charge in [0.1, 0.15) is 0 Å². The normalized spacial score (nSPS) is 15.2. The van der Waals surface area contributed by atoms with Gasteiger partial charge in [-0.05, 0) is 17.7 Å². The summed E-state index contributed by atoms with van der Waals surface area (Å²) < 4.78 is 10.1. The highest BCUT2D eigenvalue weighted by Crippen LogP contribution is 2.34. The molecule has 2 rings (SSSR count). The first-order valence-electron chi connectivity index (χ1n) is 3.99. The number of fused-ring (bicyclic) bond motifs is 1. The van der Waals surface area contributed by atoms with Crippen LogP contribution < -0.4 is 9.47 Å². The smallest absolute Gasteiger partial charge is 0.337 e. The molecule has 1 heterocycles. The van der Waals surface area contributed by atoms with Crippen LogP contribution in [0, 0.1) is 0 Å². The van der Waals surface area contributed by atoms with E-state index >= 15 is 0 Å². The van der Waals surface area contributed by atoms with Crippen molar-refractivity contribution in [2.75, 3.05) is 6.79 Å². The monoisotopic (exact) mass is 196 g/mol. The van der Waals surface area contributed by atoms with E-state index in [4.69, 9.17) is 14.6 Å². The zero-order valence-electron chi connectivity index (χ0n) is 7.14. The van der Waals surface area contributed by atoms with Crippen LogP contribution in [0.1, 0.15) is 11.7 Å². The van der Waals surface area contributed by atoms with Crippen LogP contribution in [0.5, 0.6) is 11.5 Å². The quantitative estimate of drug-likeness (QED) is 0.721. The Labute approximate surface area is 79.5 Å². The summed E-state index contributed by atoms with van der Waals surface area (Å²) in [5.41, 5.74) is 0.279. The van der Waals surface area contributed by atoms with Gasteiger partial charge in [-0.15, -0.1) is 0 Å². The third-order valence-corrected chi connectivity index (χ3v) is 1.95. The Morgan fingerprint density at radius 1 is 1.36 bits per heavy atom. The van der Waals surface area contributed by atoms with E-state index in [1.165, 1.54) is 12.1 Å². The van der Waals surface area contributed by atoms with Crippen LogP contribution in [0.2, 0.25) is 0 Å². The molecule has 0 aromatic heterocycles. The lowest BCUT2D eigenvalue weighted by atomic mass is 10.1. The van der Waals surface area contributed by atoms with Gasteiger partial charge in [-0.25, -0.2) is 4.79 Å². The van der Waals surface area contributed by atoms with Crippen molar-refractivity contribution < 1.29 is 24.5 Å². The summed E-state index contributed by atoms with van der Waals surface area (Å²) in [7, 11) is 0. The molecule has 0 aliphatic carbocycles. The summed E-state index contributed by atoms with van der Waals surface area (Å²) in [5.74, 6) is -0.266. The Bertz CT molecular complexity index is 373. The average Bonchev–Trinajstić information content (AvgIpc) is 2.62. The summed E-state index contributed by atoms with van der Waals surface area (Å²) in [5, 5.41) is 17.8. The van der Waals surface area contributed by atoms with E-state index in [1.807, 2.05) is 0 Å². The Balaban J connectivity index is 2.33. The molecule has 0 saturated carbocycles. The molecule has 0 fully saturated rings. The largest absolute Gasteiger partial charge is 0.479 e. The highest BCUT2D eigenvalue weighted by atomic mass is 16.7. The third kappa shape index (κ3) is 1.38. The average molecular weight is 196 g/mol. The predicted octanol–water partition coefficient (Wildman–Crippen LogP) is 0.533. The topological polar surface area (TPSA) is 76.0 Å². The fraction of sp³-hybridized carbons (Fsp3) is 0.222. The van der Waals surface area contributed by atoms with E-state index < -0.39 is 12.1 Å². The summed E-state index contributed by atoms with van der Waals surface area (Å²) in [6.45, 7) is 0.127. The Morgan fingerprint density at radius 3 is 2.79 bits per heavy atom. The van der Waals surface area contributed by atoms with Crippen LogP contribution in [0.3, 0.4) is 0 Å².